The fourth-order valence-corrected chi connectivity index (χ4v) is 2.02. The van der Waals surface area contributed by atoms with Crippen molar-refractivity contribution in [3.63, 3.8) is 0 Å². The fourth-order valence-electron chi connectivity index (χ4n) is 2.02. The number of terminal acetylenes is 1. The molecule has 0 heterocycles. The van der Waals surface area contributed by atoms with Crippen LogP contribution in [-0.2, 0) is 0 Å². The predicted molar refractivity (Wildman–Crippen MR) is 79.6 cm³/mol. The maximum atomic E-state index is 12.6. The number of hydrogen-bond acceptors (Lipinski definition) is 3. The standard InChI is InChI=1S/C17H13F3O3/c1-4-11-5-6-16(23-17(18,19)20)15(7-11)12-8-13(21-2)10-14(9-12)22-3/h1,5-10H,2-3H3. The third-order valence-corrected chi connectivity index (χ3v) is 3.03. The van der Waals surface area contributed by atoms with Crippen molar-refractivity contribution < 1.29 is 27.4 Å². The summed E-state index contributed by atoms with van der Waals surface area (Å²) in [5.74, 6) is 2.90. The highest BCUT2D eigenvalue weighted by Crippen LogP contribution is 2.38. The summed E-state index contributed by atoms with van der Waals surface area (Å²) >= 11 is 0. The Kier molecular flexibility index (Phi) is 4.70. The van der Waals surface area contributed by atoms with Gasteiger partial charge in [0, 0.05) is 17.2 Å². The van der Waals surface area contributed by atoms with Gasteiger partial charge in [-0.25, -0.2) is 0 Å². The van der Waals surface area contributed by atoms with Crippen molar-refractivity contribution in [3.05, 3.63) is 42.0 Å². The zero-order chi connectivity index (χ0) is 17.0. The van der Waals surface area contributed by atoms with Crippen LogP contribution in [0.3, 0.4) is 0 Å². The van der Waals surface area contributed by atoms with Crippen molar-refractivity contribution in [1.29, 1.82) is 0 Å². The van der Waals surface area contributed by atoms with E-state index in [9.17, 15) is 13.2 Å². The molecular weight excluding hydrogens is 309 g/mol. The van der Waals surface area contributed by atoms with Crippen LogP contribution >= 0.6 is 0 Å². The van der Waals surface area contributed by atoms with Gasteiger partial charge in [0.05, 0.1) is 14.2 Å². The Balaban J connectivity index is 2.63. The number of rotatable bonds is 4. The maximum Gasteiger partial charge on any atom is 0.573 e. The molecule has 0 aliphatic carbocycles. The summed E-state index contributed by atoms with van der Waals surface area (Å²) in [6.07, 6.45) is 0.514. The van der Waals surface area contributed by atoms with Crippen molar-refractivity contribution in [1.82, 2.24) is 0 Å². The van der Waals surface area contributed by atoms with Crippen LogP contribution in [0.4, 0.5) is 13.2 Å². The number of methoxy groups -OCH3 is 2. The Morgan fingerprint density at radius 3 is 2.04 bits per heavy atom. The van der Waals surface area contributed by atoms with Crippen LogP contribution in [0.5, 0.6) is 17.2 Å². The molecule has 120 valence electrons. The molecule has 2 aromatic rings. The van der Waals surface area contributed by atoms with Gasteiger partial charge in [-0.2, -0.15) is 0 Å². The Morgan fingerprint density at radius 1 is 0.957 bits per heavy atom. The second-order valence-corrected chi connectivity index (χ2v) is 4.50. The molecule has 0 N–H and O–H groups in total. The van der Waals surface area contributed by atoms with E-state index in [1.165, 1.54) is 32.4 Å². The molecule has 2 aromatic carbocycles. The van der Waals surface area contributed by atoms with Crippen molar-refractivity contribution in [2.75, 3.05) is 14.2 Å². The molecule has 0 saturated carbocycles. The van der Waals surface area contributed by atoms with E-state index in [0.717, 1.165) is 0 Å². The van der Waals surface area contributed by atoms with Gasteiger partial charge in [-0.1, -0.05) is 5.92 Å². The lowest BCUT2D eigenvalue weighted by Crippen LogP contribution is -2.17. The first-order valence-corrected chi connectivity index (χ1v) is 6.46. The molecule has 0 unspecified atom stereocenters. The van der Waals surface area contributed by atoms with Crippen molar-refractivity contribution >= 4 is 0 Å². The van der Waals surface area contributed by atoms with Crippen LogP contribution < -0.4 is 14.2 Å². The molecule has 0 bridgehead atoms. The van der Waals surface area contributed by atoms with Gasteiger partial charge in [-0.15, -0.1) is 19.6 Å². The van der Waals surface area contributed by atoms with Gasteiger partial charge in [-0.3, -0.25) is 0 Å². The lowest BCUT2D eigenvalue weighted by atomic mass is 10.0. The average molecular weight is 322 g/mol. The maximum absolute atomic E-state index is 12.6. The SMILES string of the molecule is C#Cc1ccc(OC(F)(F)F)c(-c2cc(OC)cc(OC)c2)c1. The van der Waals surface area contributed by atoms with Gasteiger partial charge in [0.1, 0.15) is 17.2 Å². The summed E-state index contributed by atoms with van der Waals surface area (Å²) in [7, 11) is 2.90. The van der Waals surface area contributed by atoms with Gasteiger partial charge in [0.15, 0.2) is 0 Å². The second kappa shape index (κ2) is 6.53. The molecule has 0 radical (unpaired) electrons. The normalized spacial score (nSPS) is 10.8. The molecule has 2 rings (SSSR count). The molecule has 6 heteroatoms. The lowest BCUT2D eigenvalue weighted by molar-refractivity contribution is -0.274. The molecule has 0 atom stereocenters. The minimum Gasteiger partial charge on any atom is -0.497 e. The molecule has 0 fully saturated rings. The average Bonchev–Trinajstić information content (AvgIpc) is 2.53. The Hall–Kier alpha value is -2.81. The number of alkyl halides is 3. The van der Waals surface area contributed by atoms with Gasteiger partial charge in [0.25, 0.3) is 0 Å². The van der Waals surface area contributed by atoms with Gasteiger partial charge < -0.3 is 14.2 Å². The third-order valence-electron chi connectivity index (χ3n) is 3.03. The molecule has 0 saturated heterocycles. The summed E-state index contributed by atoms with van der Waals surface area (Å²) in [5, 5.41) is 0. The van der Waals surface area contributed by atoms with E-state index in [4.69, 9.17) is 15.9 Å². The third kappa shape index (κ3) is 4.10. The summed E-state index contributed by atoms with van der Waals surface area (Å²) in [6.45, 7) is 0. The van der Waals surface area contributed by atoms with E-state index in [2.05, 4.69) is 10.7 Å². The number of ether oxygens (including phenoxy) is 3. The van der Waals surface area contributed by atoms with Crippen LogP contribution in [0.2, 0.25) is 0 Å². The highest BCUT2D eigenvalue weighted by Gasteiger charge is 2.32. The monoisotopic (exact) mass is 322 g/mol. The predicted octanol–water partition coefficient (Wildman–Crippen LogP) is 4.25. The fraction of sp³-hybridized carbons (Fsp3) is 0.176. The smallest absolute Gasteiger partial charge is 0.497 e. The highest BCUT2D eigenvalue weighted by molar-refractivity contribution is 5.74. The first kappa shape index (κ1) is 16.6. The van der Waals surface area contributed by atoms with Crippen LogP contribution in [0.1, 0.15) is 5.56 Å². The molecule has 0 spiro atoms. The van der Waals surface area contributed by atoms with Gasteiger partial charge >= 0.3 is 6.36 Å². The van der Waals surface area contributed by atoms with Crippen LogP contribution in [0, 0.1) is 12.3 Å². The van der Waals surface area contributed by atoms with E-state index >= 15 is 0 Å². The lowest BCUT2D eigenvalue weighted by Gasteiger charge is -2.15. The first-order chi connectivity index (χ1) is 10.9. The molecular formula is C17H13F3O3. The van der Waals surface area contributed by atoms with Crippen LogP contribution in [-0.4, -0.2) is 20.6 Å². The molecule has 0 amide bonds. The van der Waals surface area contributed by atoms with E-state index in [1.54, 1.807) is 18.2 Å². The number of hydrogen-bond donors (Lipinski definition) is 0. The Morgan fingerprint density at radius 2 is 1.57 bits per heavy atom. The minimum atomic E-state index is -4.81. The van der Waals surface area contributed by atoms with E-state index < -0.39 is 6.36 Å². The molecule has 23 heavy (non-hydrogen) atoms. The van der Waals surface area contributed by atoms with E-state index in [-0.39, 0.29) is 11.3 Å². The van der Waals surface area contributed by atoms with Crippen LogP contribution in [0.25, 0.3) is 11.1 Å². The summed E-state index contributed by atoms with van der Waals surface area (Å²) < 4.78 is 52.1. The number of benzene rings is 2. The second-order valence-electron chi connectivity index (χ2n) is 4.50. The molecule has 0 aliphatic rings. The van der Waals surface area contributed by atoms with Crippen molar-refractivity contribution in [2.24, 2.45) is 0 Å². The molecule has 0 aromatic heterocycles. The van der Waals surface area contributed by atoms with E-state index in [1.807, 2.05) is 0 Å². The zero-order valence-corrected chi connectivity index (χ0v) is 12.4. The van der Waals surface area contributed by atoms with Gasteiger partial charge in [0.2, 0.25) is 0 Å². The topological polar surface area (TPSA) is 27.7 Å². The Labute approximate surface area is 131 Å². The quantitative estimate of drug-likeness (QED) is 0.788. The molecule has 3 nitrogen and oxygen atoms in total. The van der Waals surface area contributed by atoms with Crippen LogP contribution in [0.15, 0.2) is 36.4 Å². The Bertz CT molecular complexity index is 723. The summed E-state index contributed by atoms with van der Waals surface area (Å²) in [6, 6.07) is 8.75. The van der Waals surface area contributed by atoms with Crippen molar-refractivity contribution in [3.8, 4) is 40.7 Å². The zero-order valence-electron chi connectivity index (χ0n) is 12.4. The largest absolute Gasteiger partial charge is 0.573 e. The number of halogens is 3. The molecule has 0 aliphatic heterocycles. The van der Waals surface area contributed by atoms with Gasteiger partial charge in [-0.05, 0) is 35.9 Å². The summed E-state index contributed by atoms with van der Waals surface area (Å²) in [4.78, 5) is 0. The highest BCUT2D eigenvalue weighted by atomic mass is 19.4. The van der Waals surface area contributed by atoms with E-state index in [0.29, 0.717) is 22.6 Å². The van der Waals surface area contributed by atoms with Crippen molar-refractivity contribution in [2.45, 2.75) is 6.36 Å². The first-order valence-electron chi connectivity index (χ1n) is 6.46. The summed E-state index contributed by atoms with van der Waals surface area (Å²) in [5.41, 5.74) is 1.05. The minimum absolute atomic E-state index is 0.190.